The molecule has 0 saturated heterocycles. The SMILES string of the molecule is O=C(Nc1cccc2ccccc12)c1ccnc(F)c1F. The number of hydrogen-bond donors (Lipinski definition) is 1. The number of rotatable bonds is 2. The lowest BCUT2D eigenvalue weighted by Crippen LogP contribution is -2.15. The van der Waals surface area contributed by atoms with E-state index in [2.05, 4.69) is 10.3 Å². The summed E-state index contributed by atoms with van der Waals surface area (Å²) in [6.07, 6.45) is 1.05. The maximum atomic E-state index is 13.6. The van der Waals surface area contributed by atoms with Gasteiger partial charge in [0, 0.05) is 17.3 Å². The van der Waals surface area contributed by atoms with Gasteiger partial charge in [0.2, 0.25) is 5.95 Å². The zero-order valence-electron chi connectivity index (χ0n) is 10.8. The van der Waals surface area contributed by atoms with Gasteiger partial charge in [-0.05, 0) is 17.5 Å². The van der Waals surface area contributed by atoms with E-state index in [4.69, 9.17) is 0 Å². The van der Waals surface area contributed by atoms with Gasteiger partial charge >= 0.3 is 0 Å². The Morgan fingerprint density at radius 2 is 1.76 bits per heavy atom. The van der Waals surface area contributed by atoms with E-state index in [1.54, 1.807) is 12.1 Å². The Balaban J connectivity index is 1.99. The molecule has 3 nitrogen and oxygen atoms in total. The second-order valence-corrected chi connectivity index (χ2v) is 4.44. The summed E-state index contributed by atoms with van der Waals surface area (Å²) in [6, 6.07) is 14.0. The highest BCUT2D eigenvalue weighted by molar-refractivity contribution is 6.09. The van der Waals surface area contributed by atoms with Crippen LogP contribution >= 0.6 is 0 Å². The summed E-state index contributed by atoms with van der Waals surface area (Å²) in [5, 5.41) is 4.36. The van der Waals surface area contributed by atoms with E-state index >= 15 is 0 Å². The molecule has 0 unspecified atom stereocenters. The van der Waals surface area contributed by atoms with E-state index < -0.39 is 17.7 Å². The van der Waals surface area contributed by atoms with Crippen molar-refractivity contribution in [3.8, 4) is 0 Å². The zero-order valence-corrected chi connectivity index (χ0v) is 10.8. The minimum absolute atomic E-state index is 0.379. The third kappa shape index (κ3) is 2.45. The van der Waals surface area contributed by atoms with E-state index in [0.717, 1.165) is 23.0 Å². The van der Waals surface area contributed by atoms with Gasteiger partial charge in [0.15, 0.2) is 5.82 Å². The van der Waals surface area contributed by atoms with Crippen LogP contribution in [0.2, 0.25) is 0 Å². The molecule has 0 atom stereocenters. The standard InChI is InChI=1S/C16H10F2N2O/c17-14-12(8-9-19-15(14)18)16(21)20-13-7-3-5-10-4-1-2-6-11(10)13/h1-9H,(H,20,21). The van der Waals surface area contributed by atoms with Crippen molar-refractivity contribution in [2.24, 2.45) is 0 Å². The van der Waals surface area contributed by atoms with Crippen molar-refractivity contribution < 1.29 is 13.6 Å². The molecule has 3 rings (SSSR count). The molecule has 2 aromatic carbocycles. The van der Waals surface area contributed by atoms with Crippen molar-refractivity contribution in [2.45, 2.75) is 0 Å². The predicted molar refractivity (Wildman–Crippen MR) is 76.1 cm³/mol. The maximum absolute atomic E-state index is 13.6. The van der Waals surface area contributed by atoms with Gasteiger partial charge in [0.25, 0.3) is 5.91 Å². The Morgan fingerprint density at radius 3 is 2.62 bits per heavy atom. The molecule has 0 fully saturated rings. The van der Waals surface area contributed by atoms with Crippen LogP contribution < -0.4 is 5.32 Å². The van der Waals surface area contributed by atoms with Gasteiger partial charge in [0.05, 0.1) is 5.56 Å². The van der Waals surface area contributed by atoms with Crippen LogP contribution in [0.15, 0.2) is 54.7 Å². The molecular formula is C16H10F2N2O. The minimum atomic E-state index is -1.29. The highest BCUT2D eigenvalue weighted by atomic mass is 19.2. The number of halogens is 2. The summed E-state index contributed by atoms with van der Waals surface area (Å²) in [6.45, 7) is 0. The molecular weight excluding hydrogens is 274 g/mol. The Kier molecular flexibility index (Phi) is 3.31. The largest absolute Gasteiger partial charge is 0.321 e. The lowest BCUT2D eigenvalue weighted by atomic mass is 10.1. The summed E-state index contributed by atoms with van der Waals surface area (Å²) < 4.78 is 26.6. The van der Waals surface area contributed by atoms with E-state index in [0.29, 0.717) is 5.69 Å². The Hall–Kier alpha value is -2.82. The number of carbonyl (C=O) groups excluding carboxylic acids is 1. The van der Waals surface area contributed by atoms with Gasteiger partial charge in [-0.25, -0.2) is 9.37 Å². The zero-order chi connectivity index (χ0) is 14.8. The molecule has 104 valence electrons. The quantitative estimate of drug-likeness (QED) is 0.728. The van der Waals surface area contributed by atoms with Crippen LogP contribution in [0.3, 0.4) is 0 Å². The highest BCUT2D eigenvalue weighted by Crippen LogP contribution is 2.23. The molecule has 1 amide bonds. The van der Waals surface area contributed by atoms with Gasteiger partial charge in [0.1, 0.15) is 0 Å². The third-order valence-electron chi connectivity index (χ3n) is 3.13. The van der Waals surface area contributed by atoms with Crippen LogP contribution in [-0.2, 0) is 0 Å². The van der Waals surface area contributed by atoms with Gasteiger partial charge in [-0.2, -0.15) is 4.39 Å². The van der Waals surface area contributed by atoms with Gasteiger partial charge in [-0.1, -0.05) is 36.4 Å². The highest BCUT2D eigenvalue weighted by Gasteiger charge is 2.16. The van der Waals surface area contributed by atoms with Gasteiger partial charge in [-0.15, -0.1) is 0 Å². The first-order valence-corrected chi connectivity index (χ1v) is 6.26. The summed E-state index contributed by atoms with van der Waals surface area (Å²) in [7, 11) is 0. The average Bonchev–Trinajstić information content (AvgIpc) is 2.50. The van der Waals surface area contributed by atoms with Gasteiger partial charge < -0.3 is 5.32 Å². The number of nitrogens with one attached hydrogen (secondary N) is 1. The van der Waals surface area contributed by atoms with Crippen molar-refractivity contribution in [3.05, 3.63) is 72.1 Å². The van der Waals surface area contributed by atoms with E-state index in [-0.39, 0.29) is 5.56 Å². The molecule has 1 N–H and O–H groups in total. The lowest BCUT2D eigenvalue weighted by molar-refractivity contribution is 0.102. The topological polar surface area (TPSA) is 42.0 Å². The van der Waals surface area contributed by atoms with Gasteiger partial charge in [-0.3, -0.25) is 4.79 Å². The smallest absolute Gasteiger partial charge is 0.258 e. The fourth-order valence-corrected chi connectivity index (χ4v) is 2.12. The second kappa shape index (κ2) is 5.28. The second-order valence-electron chi connectivity index (χ2n) is 4.44. The number of anilines is 1. The molecule has 0 aliphatic heterocycles. The first-order valence-electron chi connectivity index (χ1n) is 6.26. The van der Waals surface area contributed by atoms with Crippen LogP contribution in [-0.4, -0.2) is 10.9 Å². The Morgan fingerprint density at radius 1 is 1.00 bits per heavy atom. The number of benzene rings is 2. The molecule has 0 bridgehead atoms. The van der Waals surface area contributed by atoms with Crippen molar-refractivity contribution >= 4 is 22.4 Å². The van der Waals surface area contributed by atoms with Crippen LogP contribution in [0.1, 0.15) is 10.4 Å². The molecule has 5 heteroatoms. The molecule has 0 radical (unpaired) electrons. The number of pyridine rings is 1. The molecule has 0 saturated carbocycles. The van der Waals surface area contributed by atoms with Crippen molar-refractivity contribution in [3.63, 3.8) is 0 Å². The number of aromatic nitrogens is 1. The third-order valence-corrected chi connectivity index (χ3v) is 3.13. The number of nitrogens with zero attached hydrogens (tertiary/aromatic N) is 1. The van der Waals surface area contributed by atoms with E-state index in [9.17, 15) is 13.6 Å². The molecule has 0 spiro atoms. The van der Waals surface area contributed by atoms with Crippen LogP contribution in [0.25, 0.3) is 10.8 Å². The van der Waals surface area contributed by atoms with Crippen molar-refractivity contribution in [1.29, 1.82) is 0 Å². The molecule has 3 aromatic rings. The van der Waals surface area contributed by atoms with Crippen molar-refractivity contribution in [1.82, 2.24) is 4.98 Å². The molecule has 0 aliphatic rings. The summed E-state index contributed by atoms with van der Waals surface area (Å²) in [5.41, 5.74) is 0.158. The average molecular weight is 284 g/mol. The minimum Gasteiger partial charge on any atom is -0.321 e. The first-order chi connectivity index (χ1) is 10.2. The predicted octanol–water partition coefficient (Wildman–Crippen LogP) is 3.77. The Labute approximate surface area is 119 Å². The first kappa shape index (κ1) is 13.2. The maximum Gasteiger partial charge on any atom is 0.258 e. The van der Waals surface area contributed by atoms with Crippen LogP contribution in [0.5, 0.6) is 0 Å². The number of hydrogen-bond acceptors (Lipinski definition) is 2. The normalized spacial score (nSPS) is 10.6. The monoisotopic (exact) mass is 284 g/mol. The molecule has 21 heavy (non-hydrogen) atoms. The van der Waals surface area contributed by atoms with Crippen LogP contribution in [0, 0.1) is 11.8 Å². The number of amides is 1. The van der Waals surface area contributed by atoms with E-state index in [1.807, 2.05) is 30.3 Å². The molecule has 0 aliphatic carbocycles. The fraction of sp³-hybridized carbons (Fsp3) is 0. The van der Waals surface area contributed by atoms with E-state index in [1.165, 1.54) is 0 Å². The summed E-state index contributed by atoms with van der Waals surface area (Å²) >= 11 is 0. The fourth-order valence-electron chi connectivity index (χ4n) is 2.12. The molecule has 1 aromatic heterocycles. The Bertz CT molecular complexity index is 828. The lowest BCUT2D eigenvalue weighted by Gasteiger charge is -2.09. The summed E-state index contributed by atoms with van der Waals surface area (Å²) in [4.78, 5) is 15.2. The number of fused-ring (bicyclic) bond motifs is 1. The summed E-state index contributed by atoms with van der Waals surface area (Å²) in [5.74, 6) is -3.26. The molecule has 1 heterocycles. The number of carbonyl (C=O) groups is 1. The van der Waals surface area contributed by atoms with Crippen molar-refractivity contribution in [2.75, 3.05) is 5.32 Å². The van der Waals surface area contributed by atoms with Crippen LogP contribution in [0.4, 0.5) is 14.5 Å².